The van der Waals surface area contributed by atoms with Crippen LogP contribution in [-0.4, -0.2) is 28.2 Å². The molecule has 82 valence electrons. The third kappa shape index (κ3) is 4.03. The van der Waals surface area contributed by atoms with Gasteiger partial charge in [0.15, 0.2) is 5.69 Å². The Kier molecular flexibility index (Phi) is 4.69. The molecule has 0 unspecified atom stereocenters. The number of hydrogen-bond donors (Lipinski definition) is 1. The van der Waals surface area contributed by atoms with Crippen molar-refractivity contribution < 1.29 is 14.3 Å². The van der Waals surface area contributed by atoms with Crippen LogP contribution in [0.3, 0.4) is 0 Å². The van der Waals surface area contributed by atoms with Crippen molar-refractivity contribution in [3.05, 3.63) is 11.1 Å². The van der Waals surface area contributed by atoms with Gasteiger partial charge in [0.25, 0.3) is 5.91 Å². The first-order valence-electron chi connectivity index (χ1n) is 4.49. The summed E-state index contributed by atoms with van der Waals surface area (Å²) in [7, 11) is 0. The average molecular weight is 229 g/mol. The highest BCUT2D eigenvalue weighted by atomic mass is 32.1. The Balaban J connectivity index is 2.29. The lowest BCUT2D eigenvalue weighted by Crippen LogP contribution is -2.31. The van der Waals surface area contributed by atoms with Gasteiger partial charge in [0.1, 0.15) is 0 Å². The monoisotopic (exact) mass is 229 g/mol. The molecule has 0 saturated heterocycles. The van der Waals surface area contributed by atoms with Crippen molar-refractivity contribution in [1.29, 1.82) is 0 Å². The second-order valence-corrected chi connectivity index (χ2v) is 3.34. The van der Waals surface area contributed by atoms with Crippen molar-refractivity contribution in [3.63, 3.8) is 0 Å². The number of amides is 2. The quantitative estimate of drug-likeness (QED) is 0.785. The van der Waals surface area contributed by atoms with Gasteiger partial charge >= 0.3 is 6.09 Å². The van der Waals surface area contributed by atoms with E-state index in [4.69, 9.17) is 4.74 Å². The molecule has 7 heteroatoms. The van der Waals surface area contributed by atoms with E-state index in [1.54, 1.807) is 0 Å². The van der Waals surface area contributed by atoms with Gasteiger partial charge in [0.2, 0.25) is 0 Å². The van der Waals surface area contributed by atoms with Gasteiger partial charge < -0.3 is 4.74 Å². The Morgan fingerprint density at radius 1 is 1.60 bits per heavy atom. The van der Waals surface area contributed by atoms with E-state index in [0.717, 1.165) is 24.4 Å². The summed E-state index contributed by atoms with van der Waals surface area (Å²) in [5.74, 6) is -0.592. The molecule has 1 aromatic rings. The lowest BCUT2D eigenvalue weighted by Gasteiger charge is -2.03. The van der Waals surface area contributed by atoms with Crippen LogP contribution < -0.4 is 5.32 Å². The number of carbonyl (C=O) groups is 2. The molecule has 0 fully saturated rings. The second-order valence-electron chi connectivity index (χ2n) is 2.73. The number of nitrogens with zero attached hydrogens (tertiary/aromatic N) is 2. The Morgan fingerprint density at radius 3 is 3.00 bits per heavy atom. The largest absolute Gasteiger partial charge is 0.449 e. The normalized spacial score (nSPS) is 9.67. The van der Waals surface area contributed by atoms with Crippen LogP contribution in [0.25, 0.3) is 0 Å². The zero-order valence-corrected chi connectivity index (χ0v) is 9.04. The van der Waals surface area contributed by atoms with Crippen LogP contribution in [0.15, 0.2) is 5.38 Å². The third-order valence-corrected chi connectivity index (χ3v) is 2.04. The zero-order chi connectivity index (χ0) is 11.1. The number of unbranched alkanes of at least 4 members (excludes halogenated alkanes) is 1. The van der Waals surface area contributed by atoms with Gasteiger partial charge in [0, 0.05) is 5.38 Å². The lowest BCUT2D eigenvalue weighted by atomic mass is 10.4. The van der Waals surface area contributed by atoms with E-state index < -0.39 is 12.0 Å². The molecule has 0 bridgehead atoms. The fraction of sp³-hybridized carbons (Fsp3) is 0.500. The van der Waals surface area contributed by atoms with E-state index in [1.807, 2.05) is 12.2 Å². The van der Waals surface area contributed by atoms with Gasteiger partial charge in [0.05, 0.1) is 6.61 Å². The zero-order valence-electron chi connectivity index (χ0n) is 8.23. The maximum absolute atomic E-state index is 11.2. The second kappa shape index (κ2) is 6.07. The minimum atomic E-state index is -0.749. The van der Waals surface area contributed by atoms with Crippen LogP contribution in [-0.2, 0) is 4.74 Å². The van der Waals surface area contributed by atoms with E-state index >= 15 is 0 Å². The molecule has 0 saturated carbocycles. The molecule has 0 radical (unpaired) electrons. The first-order chi connectivity index (χ1) is 7.24. The van der Waals surface area contributed by atoms with E-state index in [9.17, 15) is 9.59 Å². The van der Waals surface area contributed by atoms with Crippen LogP contribution >= 0.6 is 11.5 Å². The summed E-state index contributed by atoms with van der Waals surface area (Å²) in [5.41, 5.74) is 0.118. The first-order valence-corrected chi connectivity index (χ1v) is 5.33. The van der Waals surface area contributed by atoms with Gasteiger partial charge in [-0.15, -0.1) is 5.10 Å². The highest BCUT2D eigenvalue weighted by Gasteiger charge is 2.12. The summed E-state index contributed by atoms with van der Waals surface area (Å²) >= 11 is 1.04. The van der Waals surface area contributed by atoms with Gasteiger partial charge in [-0.3, -0.25) is 10.1 Å². The van der Waals surface area contributed by atoms with E-state index in [0.29, 0.717) is 6.61 Å². The Labute approximate surface area is 90.8 Å². The highest BCUT2D eigenvalue weighted by Crippen LogP contribution is 1.96. The van der Waals surface area contributed by atoms with E-state index in [2.05, 4.69) is 9.59 Å². The van der Waals surface area contributed by atoms with Crippen LogP contribution in [0, 0.1) is 0 Å². The molecule has 1 heterocycles. The molecule has 0 atom stereocenters. The number of hydrogen-bond acceptors (Lipinski definition) is 6. The van der Waals surface area contributed by atoms with E-state index in [-0.39, 0.29) is 5.69 Å². The maximum Gasteiger partial charge on any atom is 0.414 e. The first kappa shape index (κ1) is 11.6. The lowest BCUT2D eigenvalue weighted by molar-refractivity contribution is 0.0914. The standard InChI is InChI=1S/C8H11N3O3S/c1-2-3-4-14-8(13)9-7(12)6-5-15-11-10-6/h5H,2-4H2,1H3,(H,9,12,13). The summed E-state index contributed by atoms with van der Waals surface area (Å²) in [4.78, 5) is 22.3. The Bertz CT molecular complexity index is 326. The molecule has 0 aromatic carbocycles. The van der Waals surface area contributed by atoms with Crippen molar-refractivity contribution in [2.24, 2.45) is 0 Å². The molecular formula is C8H11N3O3S. The number of rotatable bonds is 4. The molecule has 1 rings (SSSR count). The summed E-state index contributed by atoms with van der Waals surface area (Å²) in [6.45, 7) is 2.29. The third-order valence-electron chi connectivity index (χ3n) is 1.54. The smallest absolute Gasteiger partial charge is 0.414 e. The molecule has 1 aromatic heterocycles. The molecule has 6 nitrogen and oxygen atoms in total. The SMILES string of the molecule is CCCCOC(=O)NC(=O)c1csnn1. The predicted molar refractivity (Wildman–Crippen MR) is 53.6 cm³/mol. The van der Waals surface area contributed by atoms with Gasteiger partial charge in [-0.2, -0.15) is 0 Å². The molecule has 0 aliphatic heterocycles. The summed E-state index contributed by atoms with van der Waals surface area (Å²) < 4.78 is 8.24. The number of carbonyl (C=O) groups excluding carboxylic acids is 2. The number of imide groups is 1. The topological polar surface area (TPSA) is 81.2 Å². The summed E-state index contributed by atoms with van der Waals surface area (Å²) in [6, 6.07) is 0. The van der Waals surface area contributed by atoms with Crippen molar-refractivity contribution in [2.75, 3.05) is 6.61 Å². The molecule has 0 aliphatic rings. The van der Waals surface area contributed by atoms with Gasteiger partial charge in [-0.1, -0.05) is 17.8 Å². The number of nitrogens with one attached hydrogen (secondary N) is 1. The maximum atomic E-state index is 11.2. The number of alkyl carbamates (subject to hydrolysis) is 1. The minimum absolute atomic E-state index is 0.118. The number of ether oxygens (including phenoxy) is 1. The van der Waals surface area contributed by atoms with Crippen LogP contribution in [0.4, 0.5) is 4.79 Å². The van der Waals surface area contributed by atoms with Crippen LogP contribution in [0.2, 0.25) is 0 Å². The minimum Gasteiger partial charge on any atom is -0.449 e. The molecule has 0 spiro atoms. The molecule has 2 amide bonds. The van der Waals surface area contributed by atoms with Crippen LogP contribution in [0.1, 0.15) is 30.3 Å². The molecule has 15 heavy (non-hydrogen) atoms. The molecular weight excluding hydrogens is 218 g/mol. The average Bonchev–Trinajstić information content (AvgIpc) is 2.70. The summed E-state index contributed by atoms with van der Waals surface area (Å²) in [6.07, 6.45) is 0.957. The van der Waals surface area contributed by atoms with E-state index in [1.165, 1.54) is 5.38 Å². The summed E-state index contributed by atoms with van der Waals surface area (Å²) in [5, 5.41) is 7.01. The molecule has 1 N–H and O–H groups in total. The van der Waals surface area contributed by atoms with Crippen LogP contribution in [0.5, 0.6) is 0 Å². The Hall–Kier alpha value is -1.50. The Morgan fingerprint density at radius 2 is 2.40 bits per heavy atom. The highest BCUT2D eigenvalue weighted by molar-refractivity contribution is 7.03. The van der Waals surface area contributed by atoms with Crippen molar-refractivity contribution in [2.45, 2.75) is 19.8 Å². The molecule has 0 aliphatic carbocycles. The van der Waals surface area contributed by atoms with Crippen molar-refractivity contribution >= 4 is 23.5 Å². The van der Waals surface area contributed by atoms with Crippen molar-refractivity contribution in [1.82, 2.24) is 14.9 Å². The number of aromatic nitrogens is 2. The fourth-order valence-corrected chi connectivity index (χ4v) is 1.20. The predicted octanol–water partition coefficient (Wildman–Crippen LogP) is 1.20. The fourth-order valence-electron chi connectivity index (χ4n) is 0.766. The van der Waals surface area contributed by atoms with Gasteiger partial charge in [-0.25, -0.2) is 4.79 Å². The van der Waals surface area contributed by atoms with Crippen molar-refractivity contribution in [3.8, 4) is 0 Å². The van der Waals surface area contributed by atoms with Gasteiger partial charge in [-0.05, 0) is 18.0 Å².